The van der Waals surface area contributed by atoms with Crippen molar-refractivity contribution in [2.24, 2.45) is 0 Å². The normalized spacial score (nSPS) is 18.4. The van der Waals surface area contributed by atoms with E-state index in [-0.39, 0.29) is 11.5 Å². The van der Waals surface area contributed by atoms with E-state index < -0.39 is 5.60 Å². The minimum absolute atomic E-state index is 0.194. The number of piperidine rings is 1. The number of amides is 1. The predicted octanol–water partition coefficient (Wildman–Crippen LogP) is 5.28. The highest BCUT2D eigenvalue weighted by Crippen LogP contribution is 2.46. The SMILES string of the molecule is CC(C)(C)OC(=O)N1CCC2(CC1)c1ccccc1CCn1c2nc(Br)c1Br. The van der Waals surface area contributed by atoms with Gasteiger partial charge in [0, 0.05) is 19.6 Å². The number of likely N-dealkylation sites (tertiary alicyclic amines) is 1. The van der Waals surface area contributed by atoms with Crippen molar-refractivity contribution in [1.82, 2.24) is 14.5 Å². The first-order chi connectivity index (χ1) is 13.2. The van der Waals surface area contributed by atoms with Gasteiger partial charge in [0.15, 0.2) is 0 Å². The summed E-state index contributed by atoms with van der Waals surface area (Å²) in [4.78, 5) is 19.3. The Bertz CT molecular complexity index is 909. The number of rotatable bonds is 0. The highest BCUT2D eigenvalue weighted by Gasteiger charge is 2.45. The topological polar surface area (TPSA) is 47.4 Å². The quantitative estimate of drug-likeness (QED) is 0.484. The van der Waals surface area contributed by atoms with Crippen molar-refractivity contribution >= 4 is 38.0 Å². The van der Waals surface area contributed by atoms with Gasteiger partial charge in [-0.25, -0.2) is 9.78 Å². The van der Waals surface area contributed by atoms with Crippen LogP contribution in [0.4, 0.5) is 4.79 Å². The van der Waals surface area contributed by atoms with E-state index in [0.29, 0.717) is 13.1 Å². The zero-order chi connectivity index (χ0) is 20.1. The Balaban J connectivity index is 1.71. The molecular weight excluding hydrogens is 486 g/mol. The molecule has 5 nitrogen and oxygen atoms in total. The average Bonchev–Trinajstić information content (AvgIpc) is 2.86. The number of benzene rings is 1. The van der Waals surface area contributed by atoms with Crippen LogP contribution in [0, 0.1) is 0 Å². The fourth-order valence-electron chi connectivity index (χ4n) is 4.42. The van der Waals surface area contributed by atoms with Crippen LogP contribution in [0.1, 0.15) is 50.6 Å². The summed E-state index contributed by atoms with van der Waals surface area (Å²) in [6.45, 7) is 7.93. The van der Waals surface area contributed by atoms with Crippen LogP contribution in [0.15, 0.2) is 33.5 Å². The van der Waals surface area contributed by atoms with E-state index in [4.69, 9.17) is 9.72 Å². The highest BCUT2D eigenvalue weighted by molar-refractivity contribution is 9.13. The van der Waals surface area contributed by atoms with Gasteiger partial charge < -0.3 is 14.2 Å². The summed E-state index contributed by atoms with van der Waals surface area (Å²) in [6, 6.07) is 8.70. The molecule has 3 heterocycles. The lowest BCUT2D eigenvalue weighted by atomic mass is 9.70. The molecule has 2 aliphatic heterocycles. The molecule has 1 amide bonds. The van der Waals surface area contributed by atoms with Crippen LogP contribution in [0.25, 0.3) is 0 Å². The second kappa shape index (κ2) is 7.17. The van der Waals surface area contributed by atoms with E-state index in [9.17, 15) is 4.79 Å². The van der Waals surface area contributed by atoms with Gasteiger partial charge in [0.05, 0.1) is 5.41 Å². The van der Waals surface area contributed by atoms with Crippen molar-refractivity contribution in [3.63, 3.8) is 0 Å². The maximum absolute atomic E-state index is 12.6. The molecule has 28 heavy (non-hydrogen) atoms. The van der Waals surface area contributed by atoms with Crippen molar-refractivity contribution in [2.75, 3.05) is 13.1 Å². The van der Waals surface area contributed by atoms with Crippen molar-refractivity contribution < 1.29 is 9.53 Å². The number of carbonyl (C=O) groups is 1. The van der Waals surface area contributed by atoms with Crippen molar-refractivity contribution in [2.45, 2.75) is 57.6 Å². The summed E-state index contributed by atoms with van der Waals surface area (Å²) in [5.41, 5.74) is 2.05. The molecule has 0 saturated carbocycles. The number of ether oxygens (including phenoxy) is 1. The molecular formula is C21H25Br2N3O2. The molecule has 0 radical (unpaired) electrons. The molecule has 1 saturated heterocycles. The molecule has 0 atom stereocenters. The predicted molar refractivity (Wildman–Crippen MR) is 116 cm³/mol. The van der Waals surface area contributed by atoms with Gasteiger partial charge >= 0.3 is 6.09 Å². The first kappa shape index (κ1) is 20.0. The minimum atomic E-state index is -0.479. The van der Waals surface area contributed by atoms with Crippen LogP contribution in [0.2, 0.25) is 0 Å². The number of nitrogens with zero attached hydrogens (tertiary/aromatic N) is 3. The van der Waals surface area contributed by atoms with Gasteiger partial charge in [-0.1, -0.05) is 24.3 Å². The third-order valence-corrected chi connectivity index (χ3v) is 7.59. The molecule has 2 aliphatic rings. The van der Waals surface area contributed by atoms with Gasteiger partial charge in [-0.15, -0.1) is 0 Å². The standard InChI is InChI=1S/C21H25Br2N3O2/c1-20(2,3)28-19(27)25-12-9-21(10-13-25)15-7-5-4-6-14(15)8-11-26-17(23)16(22)24-18(21)26/h4-7H,8-13H2,1-3H3. The Hall–Kier alpha value is -1.34. The largest absolute Gasteiger partial charge is 0.444 e. The highest BCUT2D eigenvalue weighted by atomic mass is 79.9. The molecule has 1 spiro atoms. The van der Waals surface area contributed by atoms with E-state index in [1.165, 1.54) is 11.1 Å². The van der Waals surface area contributed by atoms with Crippen molar-refractivity contribution in [1.29, 1.82) is 0 Å². The molecule has 7 heteroatoms. The number of imidazole rings is 1. The van der Waals surface area contributed by atoms with Gasteiger partial charge in [0.25, 0.3) is 0 Å². The van der Waals surface area contributed by atoms with Crippen molar-refractivity contribution in [3.8, 4) is 0 Å². The van der Waals surface area contributed by atoms with Crippen LogP contribution in [0.3, 0.4) is 0 Å². The number of aromatic nitrogens is 2. The van der Waals surface area contributed by atoms with Crippen LogP contribution >= 0.6 is 31.9 Å². The number of fused-ring (bicyclic) bond motifs is 4. The number of hydrogen-bond donors (Lipinski definition) is 0. The maximum atomic E-state index is 12.6. The zero-order valence-electron chi connectivity index (χ0n) is 16.5. The van der Waals surface area contributed by atoms with E-state index in [0.717, 1.165) is 40.8 Å². The minimum Gasteiger partial charge on any atom is -0.444 e. The molecule has 1 fully saturated rings. The first-order valence-electron chi connectivity index (χ1n) is 9.70. The molecule has 0 N–H and O–H groups in total. The number of hydrogen-bond acceptors (Lipinski definition) is 3. The molecule has 0 unspecified atom stereocenters. The first-order valence-corrected chi connectivity index (χ1v) is 11.3. The molecule has 150 valence electrons. The van der Waals surface area contributed by atoms with Crippen LogP contribution in [0.5, 0.6) is 0 Å². The zero-order valence-corrected chi connectivity index (χ0v) is 19.6. The van der Waals surface area contributed by atoms with Crippen LogP contribution in [-0.4, -0.2) is 39.2 Å². The van der Waals surface area contributed by atoms with Gasteiger partial charge in [-0.05, 0) is 83.0 Å². The molecule has 2 aromatic rings. The summed E-state index contributed by atoms with van der Waals surface area (Å²) in [5.74, 6) is 1.08. The Morgan fingerprint density at radius 1 is 1.14 bits per heavy atom. The molecule has 4 rings (SSSR count). The lowest BCUT2D eigenvalue weighted by Crippen LogP contribution is -2.48. The molecule has 1 aromatic carbocycles. The number of carbonyl (C=O) groups excluding carboxylic acids is 1. The number of aryl methyl sites for hydroxylation is 1. The molecule has 0 bridgehead atoms. The van der Waals surface area contributed by atoms with E-state index in [2.05, 4.69) is 60.7 Å². The summed E-state index contributed by atoms with van der Waals surface area (Å²) in [5, 5.41) is 0. The summed E-state index contributed by atoms with van der Waals surface area (Å²) < 4.78 is 9.71. The Morgan fingerprint density at radius 3 is 2.50 bits per heavy atom. The van der Waals surface area contributed by atoms with E-state index in [1.807, 2.05) is 25.7 Å². The Kier molecular flexibility index (Phi) is 5.11. The lowest BCUT2D eigenvalue weighted by Gasteiger charge is -2.42. The Labute approximate surface area is 182 Å². The van der Waals surface area contributed by atoms with E-state index in [1.54, 1.807) is 0 Å². The van der Waals surface area contributed by atoms with Crippen LogP contribution in [-0.2, 0) is 23.1 Å². The fraction of sp³-hybridized carbons (Fsp3) is 0.524. The third kappa shape index (κ3) is 3.41. The van der Waals surface area contributed by atoms with Crippen LogP contribution < -0.4 is 0 Å². The van der Waals surface area contributed by atoms with Gasteiger partial charge in [0.1, 0.15) is 20.6 Å². The summed E-state index contributed by atoms with van der Waals surface area (Å²) in [6.07, 6.45) is 2.41. The average molecular weight is 511 g/mol. The smallest absolute Gasteiger partial charge is 0.410 e. The summed E-state index contributed by atoms with van der Waals surface area (Å²) in [7, 11) is 0. The fourth-order valence-corrected chi connectivity index (χ4v) is 5.24. The second-order valence-corrected chi connectivity index (χ2v) is 10.1. The second-order valence-electron chi connectivity index (χ2n) is 8.63. The monoisotopic (exact) mass is 509 g/mol. The van der Waals surface area contributed by atoms with E-state index >= 15 is 0 Å². The lowest BCUT2D eigenvalue weighted by molar-refractivity contribution is 0.0176. The van der Waals surface area contributed by atoms with Crippen molar-refractivity contribution in [3.05, 3.63) is 50.4 Å². The third-order valence-electron chi connectivity index (χ3n) is 5.70. The maximum Gasteiger partial charge on any atom is 0.410 e. The Morgan fingerprint density at radius 2 is 1.82 bits per heavy atom. The molecule has 0 aliphatic carbocycles. The van der Waals surface area contributed by atoms with Gasteiger partial charge in [0.2, 0.25) is 0 Å². The molecule has 1 aromatic heterocycles. The number of halogens is 2. The van der Waals surface area contributed by atoms with Gasteiger partial charge in [-0.2, -0.15) is 0 Å². The summed E-state index contributed by atoms with van der Waals surface area (Å²) >= 11 is 7.30. The van der Waals surface area contributed by atoms with Gasteiger partial charge in [-0.3, -0.25) is 0 Å².